The Bertz CT molecular complexity index is 283. The molecule has 0 fully saturated rings. The highest BCUT2D eigenvalue weighted by Crippen LogP contribution is 2.20. The highest BCUT2D eigenvalue weighted by molar-refractivity contribution is 7.13. The van der Waals surface area contributed by atoms with E-state index in [4.69, 9.17) is 0 Å². The lowest BCUT2D eigenvalue weighted by Gasteiger charge is -2.19. The molecule has 1 aromatic heterocycles. The monoisotopic (exact) mass is 198 g/mol. The average Bonchev–Trinajstić information content (AvgIpc) is 2.52. The summed E-state index contributed by atoms with van der Waals surface area (Å²) in [5.74, 6) is 0. The molecule has 0 aliphatic rings. The molecule has 0 saturated carbocycles. The number of anilines is 1. The Kier molecular flexibility index (Phi) is 3.42. The van der Waals surface area contributed by atoms with Crippen molar-refractivity contribution < 1.29 is 4.79 Å². The third kappa shape index (κ3) is 2.52. The number of rotatable bonds is 4. The topological polar surface area (TPSA) is 33.2 Å². The molecule has 0 aliphatic heterocycles. The number of nitrogens with zero attached hydrogens (tertiary/aromatic N) is 2. The van der Waals surface area contributed by atoms with Crippen LogP contribution in [0.2, 0.25) is 0 Å². The van der Waals surface area contributed by atoms with Crippen molar-refractivity contribution >= 4 is 22.8 Å². The maximum absolute atomic E-state index is 10.2. The van der Waals surface area contributed by atoms with Gasteiger partial charge in [-0.25, -0.2) is 4.98 Å². The smallest absolute Gasteiger partial charge is 0.185 e. The van der Waals surface area contributed by atoms with Crippen molar-refractivity contribution in [3.8, 4) is 0 Å². The summed E-state index contributed by atoms with van der Waals surface area (Å²) < 4.78 is 0. The van der Waals surface area contributed by atoms with Gasteiger partial charge >= 0.3 is 0 Å². The first-order chi connectivity index (χ1) is 6.15. The van der Waals surface area contributed by atoms with Gasteiger partial charge in [-0.1, -0.05) is 0 Å². The second-order valence-electron chi connectivity index (χ2n) is 3.20. The highest BCUT2D eigenvalue weighted by atomic mass is 32.1. The zero-order valence-electron chi connectivity index (χ0n) is 8.15. The molecular weight excluding hydrogens is 184 g/mol. The molecule has 0 unspecified atom stereocenters. The van der Waals surface area contributed by atoms with Crippen LogP contribution in [0.5, 0.6) is 0 Å². The summed E-state index contributed by atoms with van der Waals surface area (Å²) in [7, 11) is 2.01. The van der Waals surface area contributed by atoms with Crippen LogP contribution in [-0.2, 0) is 11.2 Å². The third-order valence-electron chi connectivity index (χ3n) is 1.91. The van der Waals surface area contributed by atoms with E-state index in [0.717, 1.165) is 17.1 Å². The Morgan fingerprint density at radius 3 is 2.92 bits per heavy atom. The standard InChI is InChI=1S/C9H14N2OS/c1-7(2)11(3)9-10-8(4-5-12)6-13-9/h5-7H,4H2,1-3H3. The van der Waals surface area contributed by atoms with E-state index in [-0.39, 0.29) is 0 Å². The quantitative estimate of drug-likeness (QED) is 0.691. The Hall–Kier alpha value is -0.900. The van der Waals surface area contributed by atoms with Crippen LogP contribution in [0.1, 0.15) is 19.5 Å². The summed E-state index contributed by atoms with van der Waals surface area (Å²) in [6.45, 7) is 4.22. The van der Waals surface area contributed by atoms with Crippen LogP contribution in [0, 0.1) is 0 Å². The van der Waals surface area contributed by atoms with Crippen LogP contribution in [0.15, 0.2) is 5.38 Å². The maximum Gasteiger partial charge on any atom is 0.185 e. The molecule has 1 heterocycles. The zero-order chi connectivity index (χ0) is 9.84. The molecule has 0 aliphatic carbocycles. The molecule has 3 nitrogen and oxygen atoms in total. The van der Waals surface area contributed by atoms with Crippen molar-refractivity contribution in [2.24, 2.45) is 0 Å². The summed E-state index contributed by atoms with van der Waals surface area (Å²) in [6.07, 6.45) is 1.30. The highest BCUT2D eigenvalue weighted by Gasteiger charge is 2.08. The summed E-state index contributed by atoms with van der Waals surface area (Å²) in [4.78, 5) is 16.7. The fraction of sp³-hybridized carbons (Fsp3) is 0.556. The van der Waals surface area contributed by atoms with Gasteiger partial charge in [-0.2, -0.15) is 0 Å². The molecule has 0 saturated heterocycles. The summed E-state index contributed by atoms with van der Waals surface area (Å²) >= 11 is 1.58. The van der Waals surface area contributed by atoms with E-state index < -0.39 is 0 Å². The minimum Gasteiger partial charge on any atom is -0.349 e. The minimum absolute atomic E-state index is 0.419. The predicted octanol–water partition coefficient (Wildman–Crippen LogP) is 1.73. The zero-order valence-corrected chi connectivity index (χ0v) is 8.97. The van der Waals surface area contributed by atoms with Crippen LogP contribution in [0.3, 0.4) is 0 Å². The predicted molar refractivity (Wildman–Crippen MR) is 55.4 cm³/mol. The second-order valence-corrected chi connectivity index (χ2v) is 4.03. The second kappa shape index (κ2) is 4.37. The molecule has 72 valence electrons. The van der Waals surface area contributed by atoms with E-state index in [0.29, 0.717) is 12.5 Å². The first kappa shape index (κ1) is 10.2. The van der Waals surface area contributed by atoms with Gasteiger partial charge in [0.25, 0.3) is 0 Å². The largest absolute Gasteiger partial charge is 0.349 e. The van der Waals surface area contributed by atoms with Gasteiger partial charge < -0.3 is 9.69 Å². The van der Waals surface area contributed by atoms with E-state index in [1.165, 1.54) is 0 Å². The number of hydrogen-bond donors (Lipinski definition) is 0. The molecule has 0 aromatic carbocycles. The van der Waals surface area contributed by atoms with Crippen molar-refractivity contribution in [3.63, 3.8) is 0 Å². The molecule has 0 amide bonds. The van der Waals surface area contributed by atoms with Gasteiger partial charge in [-0.05, 0) is 13.8 Å². The molecule has 0 radical (unpaired) electrons. The molecule has 0 atom stereocenters. The van der Waals surface area contributed by atoms with Gasteiger partial charge in [0.15, 0.2) is 5.13 Å². The van der Waals surface area contributed by atoms with Crippen molar-refractivity contribution in [3.05, 3.63) is 11.1 Å². The molecule has 1 aromatic rings. The SMILES string of the molecule is CC(C)N(C)c1nc(CC=O)cs1. The number of thiazole rings is 1. The first-order valence-electron chi connectivity index (χ1n) is 4.26. The van der Waals surface area contributed by atoms with E-state index in [1.807, 2.05) is 12.4 Å². The number of aromatic nitrogens is 1. The van der Waals surface area contributed by atoms with Crippen LogP contribution in [0.4, 0.5) is 5.13 Å². The van der Waals surface area contributed by atoms with Crippen molar-refractivity contribution in [2.45, 2.75) is 26.3 Å². The number of carbonyl (C=O) groups is 1. The fourth-order valence-electron chi connectivity index (χ4n) is 0.858. The van der Waals surface area contributed by atoms with Gasteiger partial charge in [0.2, 0.25) is 0 Å². The van der Waals surface area contributed by atoms with Gasteiger partial charge in [0.1, 0.15) is 6.29 Å². The van der Waals surface area contributed by atoms with Gasteiger partial charge in [-0.15, -0.1) is 11.3 Å². The Labute approximate surface area is 82.4 Å². The van der Waals surface area contributed by atoms with Crippen LogP contribution < -0.4 is 4.90 Å². The van der Waals surface area contributed by atoms with E-state index >= 15 is 0 Å². The maximum atomic E-state index is 10.2. The average molecular weight is 198 g/mol. The lowest BCUT2D eigenvalue weighted by Crippen LogP contribution is -2.25. The number of hydrogen-bond acceptors (Lipinski definition) is 4. The molecule has 13 heavy (non-hydrogen) atoms. The third-order valence-corrected chi connectivity index (χ3v) is 2.89. The normalized spacial score (nSPS) is 10.5. The van der Waals surface area contributed by atoms with E-state index in [2.05, 4.69) is 23.7 Å². The molecule has 1 rings (SSSR count). The van der Waals surface area contributed by atoms with Gasteiger partial charge in [0.05, 0.1) is 5.69 Å². The molecular formula is C9H14N2OS. The van der Waals surface area contributed by atoms with Crippen molar-refractivity contribution in [2.75, 3.05) is 11.9 Å². The lowest BCUT2D eigenvalue weighted by atomic mass is 10.4. The number of carbonyl (C=O) groups excluding carboxylic acids is 1. The fourth-order valence-corrected chi connectivity index (χ4v) is 1.80. The first-order valence-corrected chi connectivity index (χ1v) is 5.14. The Morgan fingerprint density at radius 1 is 1.69 bits per heavy atom. The summed E-state index contributed by atoms with van der Waals surface area (Å²) in [5, 5.41) is 2.91. The molecule has 4 heteroatoms. The molecule has 0 spiro atoms. The lowest BCUT2D eigenvalue weighted by molar-refractivity contribution is -0.107. The summed E-state index contributed by atoms with van der Waals surface area (Å²) in [6, 6.07) is 0.440. The van der Waals surface area contributed by atoms with E-state index in [9.17, 15) is 4.79 Å². The number of aldehydes is 1. The minimum atomic E-state index is 0.419. The molecule has 0 bridgehead atoms. The van der Waals surface area contributed by atoms with Crippen LogP contribution in [0.25, 0.3) is 0 Å². The van der Waals surface area contributed by atoms with Crippen LogP contribution in [-0.4, -0.2) is 24.4 Å². The molecule has 0 N–H and O–H groups in total. The van der Waals surface area contributed by atoms with Crippen molar-refractivity contribution in [1.82, 2.24) is 4.98 Å². The summed E-state index contributed by atoms with van der Waals surface area (Å²) in [5.41, 5.74) is 0.863. The van der Waals surface area contributed by atoms with Gasteiger partial charge in [0, 0.05) is 24.9 Å². The van der Waals surface area contributed by atoms with Gasteiger partial charge in [-0.3, -0.25) is 0 Å². The Balaban J connectivity index is 2.73. The van der Waals surface area contributed by atoms with Crippen LogP contribution >= 0.6 is 11.3 Å². The van der Waals surface area contributed by atoms with E-state index in [1.54, 1.807) is 11.3 Å². The Morgan fingerprint density at radius 2 is 2.38 bits per heavy atom. The van der Waals surface area contributed by atoms with Crippen molar-refractivity contribution in [1.29, 1.82) is 0 Å².